The largest absolute Gasteiger partial charge is 0.322 e. The van der Waals surface area contributed by atoms with Crippen LogP contribution in [0.5, 0.6) is 0 Å². The van der Waals surface area contributed by atoms with Crippen LogP contribution in [-0.4, -0.2) is 5.91 Å². The summed E-state index contributed by atoms with van der Waals surface area (Å²) in [6, 6.07) is 8.02. The molecule has 0 saturated heterocycles. The zero-order valence-corrected chi connectivity index (χ0v) is 12.5. The highest BCUT2D eigenvalue weighted by molar-refractivity contribution is 6.04. The van der Waals surface area contributed by atoms with E-state index in [1.54, 1.807) is 0 Å². The second-order valence-corrected chi connectivity index (χ2v) is 4.82. The van der Waals surface area contributed by atoms with Gasteiger partial charge in [0.2, 0.25) is 0 Å². The Morgan fingerprint density at radius 3 is 2.47 bits per heavy atom. The molecule has 1 amide bonds. The molecule has 1 aliphatic rings. The SMILES string of the molecule is CC.CC(C)c1ccccc1NC(=O)C1=CCCC1. The molecule has 1 aromatic rings. The van der Waals surface area contributed by atoms with E-state index < -0.39 is 0 Å². The lowest BCUT2D eigenvalue weighted by Gasteiger charge is -2.13. The predicted octanol–water partition coefficient (Wildman–Crippen LogP) is 4.89. The number of amides is 1. The first-order valence-corrected chi connectivity index (χ1v) is 7.28. The van der Waals surface area contributed by atoms with Gasteiger partial charge in [0.25, 0.3) is 5.91 Å². The van der Waals surface area contributed by atoms with Crippen LogP contribution in [0.15, 0.2) is 35.9 Å². The van der Waals surface area contributed by atoms with E-state index in [2.05, 4.69) is 25.2 Å². The van der Waals surface area contributed by atoms with Gasteiger partial charge in [-0.25, -0.2) is 0 Å². The molecule has 0 spiro atoms. The molecule has 104 valence electrons. The number of carbonyl (C=O) groups excluding carboxylic acids is 1. The third-order valence-corrected chi connectivity index (χ3v) is 3.16. The highest BCUT2D eigenvalue weighted by Crippen LogP contribution is 2.25. The molecule has 2 rings (SSSR count). The van der Waals surface area contributed by atoms with Gasteiger partial charge in [0.15, 0.2) is 0 Å². The van der Waals surface area contributed by atoms with Gasteiger partial charge in [-0.2, -0.15) is 0 Å². The Morgan fingerprint density at radius 1 is 1.21 bits per heavy atom. The first-order chi connectivity index (χ1) is 9.18. The summed E-state index contributed by atoms with van der Waals surface area (Å²) in [4.78, 5) is 12.0. The molecule has 0 heterocycles. The van der Waals surface area contributed by atoms with Gasteiger partial charge < -0.3 is 5.32 Å². The Morgan fingerprint density at radius 2 is 1.89 bits per heavy atom. The van der Waals surface area contributed by atoms with Crippen LogP contribution in [0, 0.1) is 0 Å². The summed E-state index contributed by atoms with van der Waals surface area (Å²) in [5.41, 5.74) is 3.07. The molecule has 0 aliphatic heterocycles. The normalized spacial score (nSPS) is 13.6. The fraction of sp³-hybridized carbons (Fsp3) is 0.471. The van der Waals surface area contributed by atoms with Gasteiger partial charge >= 0.3 is 0 Å². The van der Waals surface area contributed by atoms with E-state index >= 15 is 0 Å². The summed E-state index contributed by atoms with van der Waals surface area (Å²) >= 11 is 0. The number of allylic oxidation sites excluding steroid dienone is 1. The minimum Gasteiger partial charge on any atom is -0.322 e. The molecule has 0 atom stereocenters. The molecule has 1 aliphatic carbocycles. The van der Waals surface area contributed by atoms with Crippen LogP contribution in [-0.2, 0) is 4.79 Å². The van der Waals surface area contributed by atoms with Gasteiger partial charge in [0.05, 0.1) is 0 Å². The standard InChI is InChI=1S/C15H19NO.C2H6/c1-11(2)13-9-5-6-10-14(13)16-15(17)12-7-3-4-8-12;1-2/h5-7,9-11H,3-4,8H2,1-2H3,(H,16,17);1-2H3. The lowest BCUT2D eigenvalue weighted by atomic mass is 10.0. The van der Waals surface area contributed by atoms with Crippen LogP contribution in [0.25, 0.3) is 0 Å². The average Bonchev–Trinajstić information content (AvgIpc) is 2.95. The molecule has 0 saturated carbocycles. The van der Waals surface area contributed by atoms with Gasteiger partial charge in [-0.3, -0.25) is 4.79 Å². The van der Waals surface area contributed by atoms with E-state index in [1.165, 1.54) is 5.56 Å². The summed E-state index contributed by atoms with van der Waals surface area (Å²) in [6.45, 7) is 8.28. The molecular weight excluding hydrogens is 234 g/mol. The number of hydrogen-bond acceptors (Lipinski definition) is 1. The number of anilines is 1. The first kappa shape index (κ1) is 15.5. The fourth-order valence-corrected chi connectivity index (χ4v) is 2.19. The van der Waals surface area contributed by atoms with E-state index in [1.807, 2.05) is 38.1 Å². The molecule has 0 aromatic heterocycles. The highest BCUT2D eigenvalue weighted by atomic mass is 16.1. The van der Waals surface area contributed by atoms with Crippen molar-refractivity contribution in [3.8, 4) is 0 Å². The highest BCUT2D eigenvalue weighted by Gasteiger charge is 2.15. The summed E-state index contributed by atoms with van der Waals surface area (Å²) in [6.07, 6.45) is 5.10. The van der Waals surface area contributed by atoms with Crippen LogP contribution < -0.4 is 5.32 Å². The van der Waals surface area contributed by atoms with Crippen LogP contribution in [0.1, 0.15) is 58.4 Å². The molecule has 0 bridgehead atoms. The summed E-state index contributed by atoms with van der Waals surface area (Å²) < 4.78 is 0. The van der Waals surface area contributed by atoms with Crippen molar-refractivity contribution < 1.29 is 4.79 Å². The van der Waals surface area contributed by atoms with Crippen molar-refractivity contribution in [2.24, 2.45) is 0 Å². The van der Waals surface area contributed by atoms with Crippen LogP contribution in [0.2, 0.25) is 0 Å². The van der Waals surface area contributed by atoms with E-state index in [4.69, 9.17) is 0 Å². The number of carbonyl (C=O) groups is 1. The zero-order valence-electron chi connectivity index (χ0n) is 12.5. The van der Waals surface area contributed by atoms with Crippen molar-refractivity contribution in [1.29, 1.82) is 0 Å². The fourth-order valence-electron chi connectivity index (χ4n) is 2.19. The Labute approximate surface area is 116 Å². The monoisotopic (exact) mass is 259 g/mol. The number of hydrogen-bond donors (Lipinski definition) is 1. The van der Waals surface area contributed by atoms with Gasteiger partial charge in [0, 0.05) is 11.3 Å². The Kier molecular flexibility index (Phi) is 6.34. The summed E-state index contributed by atoms with van der Waals surface area (Å²) in [5, 5.41) is 3.03. The van der Waals surface area contributed by atoms with E-state index in [-0.39, 0.29) is 5.91 Å². The maximum absolute atomic E-state index is 12.0. The van der Waals surface area contributed by atoms with Gasteiger partial charge in [-0.05, 0) is 36.8 Å². The van der Waals surface area contributed by atoms with Crippen molar-refractivity contribution in [3.63, 3.8) is 0 Å². The van der Waals surface area contributed by atoms with Crippen LogP contribution in [0.4, 0.5) is 5.69 Å². The van der Waals surface area contributed by atoms with Crippen molar-refractivity contribution in [2.45, 2.75) is 52.9 Å². The number of rotatable bonds is 3. The summed E-state index contributed by atoms with van der Waals surface area (Å²) in [5.74, 6) is 0.486. The molecule has 1 N–H and O–H groups in total. The molecular formula is C17H25NO. The molecule has 0 fully saturated rings. The quantitative estimate of drug-likeness (QED) is 0.823. The number of nitrogens with one attached hydrogen (secondary N) is 1. The number of benzene rings is 1. The predicted molar refractivity (Wildman–Crippen MR) is 82.4 cm³/mol. The van der Waals surface area contributed by atoms with Crippen LogP contribution in [0.3, 0.4) is 0 Å². The maximum atomic E-state index is 12.0. The summed E-state index contributed by atoms with van der Waals surface area (Å²) in [7, 11) is 0. The Bertz CT molecular complexity index is 446. The van der Waals surface area contributed by atoms with E-state index in [9.17, 15) is 4.79 Å². The van der Waals surface area contributed by atoms with E-state index in [0.717, 1.165) is 30.5 Å². The smallest absolute Gasteiger partial charge is 0.251 e. The van der Waals surface area contributed by atoms with Gasteiger partial charge in [-0.1, -0.05) is 52.0 Å². The lowest BCUT2D eigenvalue weighted by molar-refractivity contribution is -0.112. The minimum absolute atomic E-state index is 0.0654. The molecule has 2 nitrogen and oxygen atoms in total. The first-order valence-electron chi connectivity index (χ1n) is 7.28. The maximum Gasteiger partial charge on any atom is 0.251 e. The Hall–Kier alpha value is -1.57. The molecule has 2 heteroatoms. The second-order valence-electron chi connectivity index (χ2n) is 4.82. The van der Waals surface area contributed by atoms with Crippen molar-refractivity contribution in [1.82, 2.24) is 0 Å². The van der Waals surface area contributed by atoms with Gasteiger partial charge in [0.1, 0.15) is 0 Å². The third-order valence-electron chi connectivity index (χ3n) is 3.16. The Balaban J connectivity index is 0.000000861. The average molecular weight is 259 g/mol. The van der Waals surface area contributed by atoms with Gasteiger partial charge in [-0.15, -0.1) is 0 Å². The van der Waals surface area contributed by atoms with E-state index in [0.29, 0.717) is 5.92 Å². The van der Waals surface area contributed by atoms with Crippen molar-refractivity contribution >= 4 is 11.6 Å². The molecule has 0 unspecified atom stereocenters. The third kappa shape index (κ3) is 4.23. The zero-order chi connectivity index (χ0) is 14.3. The topological polar surface area (TPSA) is 29.1 Å². The van der Waals surface area contributed by atoms with Crippen molar-refractivity contribution in [2.75, 3.05) is 5.32 Å². The second kappa shape index (κ2) is 7.78. The lowest BCUT2D eigenvalue weighted by Crippen LogP contribution is -2.14. The molecule has 19 heavy (non-hydrogen) atoms. The minimum atomic E-state index is 0.0654. The number of para-hydroxylation sites is 1. The van der Waals surface area contributed by atoms with Crippen LogP contribution >= 0.6 is 0 Å². The molecule has 0 radical (unpaired) electrons. The molecule has 1 aromatic carbocycles. The van der Waals surface area contributed by atoms with Crippen molar-refractivity contribution in [3.05, 3.63) is 41.5 Å².